The molecule has 25 heavy (non-hydrogen) atoms. The summed E-state index contributed by atoms with van der Waals surface area (Å²) < 4.78 is 10.6. The first-order valence-corrected chi connectivity index (χ1v) is 8.35. The third kappa shape index (κ3) is 5.07. The van der Waals surface area contributed by atoms with Crippen LogP contribution in [0.3, 0.4) is 0 Å². The number of aryl methyl sites for hydroxylation is 3. The van der Waals surface area contributed by atoms with Crippen LogP contribution in [0.15, 0.2) is 36.4 Å². The molecule has 0 spiro atoms. The molecule has 0 radical (unpaired) electrons. The number of hydrogen-bond acceptors (Lipinski definition) is 4. The summed E-state index contributed by atoms with van der Waals surface area (Å²) in [5, 5.41) is 0.597. The maximum absolute atomic E-state index is 12.4. The van der Waals surface area contributed by atoms with Crippen LogP contribution in [-0.2, 0) is 9.53 Å². The second-order valence-corrected chi connectivity index (χ2v) is 6.43. The molecule has 0 amide bonds. The van der Waals surface area contributed by atoms with Gasteiger partial charge in [0.25, 0.3) is 0 Å². The number of rotatable bonds is 6. The van der Waals surface area contributed by atoms with Gasteiger partial charge in [0.05, 0.1) is 0 Å². The molecule has 2 aromatic rings. The van der Waals surface area contributed by atoms with Crippen LogP contribution in [0.1, 0.15) is 34.0 Å². The second kappa shape index (κ2) is 8.17. The Morgan fingerprint density at radius 3 is 2.36 bits per heavy atom. The summed E-state index contributed by atoms with van der Waals surface area (Å²) in [4.78, 5) is 24.3. The first-order valence-electron chi connectivity index (χ1n) is 7.98. The monoisotopic (exact) mass is 360 g/mol. The topological polar surface area (TPSA) is 52.6 Å². The van der Waals surface area contributed by atoms with Crippen LogP contribution in [0.25, 0.3) is 0 Å². The Morgan fingerprint density at radius 2 is 1.72 bits per heavy atom. The van der Waals surface area contributed by atoms with Gasteiger partial charge in [-0.25, -0.2) is 4.79 Å². The van der Waals surface area contributed by atoms with E-state index in [2.05, 4.69) is 0 Å². The predicted octanol–water partition coefficient (Wildman–Crippen LogP) is 4.46. The number of hydrogen-bond donors (Lipinski definition) is 0. The molecule has 0 heterocycles. The van der Waals surface area contributed by atoms with Crippen LogP contribution in [0.2, 0.25) is 5.02 Å². The van der Waals surface area contributed by atoms with Gasteiger partial charge >= 0.3 is 5.97 Å². The van der Waals surface area contributed by atoms with E-state index in [0.29, 0.717) is 16.3 Å². The first kappa shape index (κ1) is 19.0. The Balaban J connectivity index is 1.92. The van der Waals surface area contributed by atoms with Gasteiger partial charge in [-0.05, 0) is 68.7 Å². The molecular weight excluding hydrogens is 340 g/mol. The maximum atomic E-state index is 12.4. The van der Waals surface area contributed by atoms with Crippen molar-refractivity contribution in [2.45, 2.75) is 33.8 Å². The molecule has 0 aliphatic carbocycles. The summed E-state index contributed by atoms with van der Waals surface area (Å²) in [5.41, 5.74) is 3.47. The number of Topliss-reactive ketones (excluding diaryl/α,β-unsaturated/α-hetero) is 1. The smallest absolute Gasteiger partial charge is 0.344 e. The number of halogens is 1. The van der Waals surface area contributed by atoms with E-state index in [0.717, 1.165) is 16.7 Å². The molecule has 4 nitrogen and oxygen atoms in total. The highest BCUT2D eigenvalue weighted by Gasteiger charge is 2.20. The summed E-state index contributed by atoms with van der Waals surface area (Å²) in [5.74, 6) is -0.285. The number of esters is 1. The van der Waals surface area contributed by atoms with E-state index < -0.39 is 12.1 Å². The Bertz CT molecular complexity index is 798. The normalized spacial score (nSPS) is 11.7. The van der Waals surface area contributed by atoms with Crippen LogP contribution in [0, 0.1) is 20.8 Å². The molecule has 0 bridgehead atoms. The average molecular weight is 361 g/mol. The van der Waals surface area contributed by atoms with Crippen molar-refractivity contribution < 1.29 is 19.1 Å². The SMILES string of the molecule is Cc1ccc(C(=O)[C@@H](C)OC(=O)COc2ccc(Cl)cc2C)cc1C. The zero-order valence-corrected chi connectivity index (χ0v) is 15.5. The van der Waals surface area contributed by atoms with Crippen LogP contribution in [0.4, 0.5) is 0 Å². The van der Waals surface area contributed by atoms with E-state index in [1.54, 1.807) is 37.3 Å². The van der Waals surface area contributed by atoms with Gasteiger partial charge in [-0.15, -0.1) is 0 Å². The highest BCUT2D eigenvalue weighted by atomic mass is 35.5. The lowest BCUT2D eigenvalue weighted by atomic mass is 10.0. The highest BCUT2D eigenvalue weighted by Crippen LogP contribution is 2.21. The number of benzene rings is 2. The van der Waals surface area contributed by atoms with Crippen molar-refractivity contribution in [1.29, 1.82) is 0 Å². The fourth-order valence-corrected chi connectivity index (χ4v) is 2.55. The van der Waals surface area contributed by atoms with Crippen molar-refractivity contribution in [1.82, 2.24) is 0 Å². The van der Waals surface area contributed by atoms with E-state index >= 15 is 0 Å². The lowest BCUT2D eigenvalue weighted by Crippen LogP contribution is -2.27. The Labute approximate surface area is 152 Å². The third-order valence-corrected chi connectivity index (χ3v) is 4.19. The van der Waals surface area contributed by atoms with Gasteiger partial charge in [-0.3, -0.25) is 4.79 Å². The van der Waals surface area contributed by atoms with Crippen molar-refractivity contribution in [3.8, 4) is 5.75 Å². The summed E-state index contributed by atoms with van der Waals surface area (Å²) in [6.45, 7) is 7.03. The van der Waals surface area contributed by atoms with E-state index in [1.807, 2.05) is 26.8 Å². The summed E-state index contributed by atoms with van der Waals surface area (Å²) >= 11 is 5.88. The van der Waals surface area contributed by atoms with E-state index in [1.165, 1.54) is 0 Å². The molecular formula is C20H21ClO4. The van der Waals surface area contributed by atoms with Gasteiger partial charge in [-0.1, -0.05) is 23.7 Å². The van der Waals surface area contributed by atoms with Crippen molar-refractivity contribution >= 4 is 23.4 Å². The molecule has 0 aliphatic rings. The molecule has 5 heteroatoms. The number of carbonyl (C=O) groups excluding carboxylic acids is 2. The Morgan fingerprint density at radius 1 is 1.00 bits per heavy atom. The van der Waals surface area contributed by atoms with Crippen molar-refractivity contribution in [2.75, 3.05) is 6.61 Å². The number of ether oxygens (including phenoxy) is 2. The van der Waals surface area contributed by atoms with Crippen LogP contribution < -0.4 is 4.74 Å². The Kier molecular flexibility index (Phi) is 6.21. The van der Waals surface area contributed by atoms with Crippen molar-refractivity contribution in [3.05, 3.63) is 63.7 Å². The predicted molar refractivity (Wildman–Crippen MR) is 97.5 cm³/mol. The van der Waals surface area contributed by atoms with Crippen LogP contribution in [-0.4, -0.2) is 24.5 Å². The van der Waals surface area contributed by atoms with E-state index in [9.17, 15) is 9.59 Å². The van der Waals surface area contributed by atoms with Gasteiger partial charge in [0.1, 0.15) is 5.75 Å². The molecule has 2 aromatic carbocycles. The third-order valence-electron chi connectivity index (χ3n) is 3.95. The lowest BCUT2D eigenvalue weighted by Gasteiger charge is -2.14. The molecule has 0 fully saturated rings. The van der Waals surface area contributed by atoms with Crippen LogP contribution >= 0.6 is 11.6 Å². The van der Waals surface area contributed by atoms with Gasteiger partial charge in [0.15, 0.2) is 12.7 Å². The number of ketones is 1. The van der Waals surface area contributed by atoms with Gasteiger partial charge in [0.2, 0.25) is 5.78 Å². The van der Waals surface area contributed by atoms with Gasteiger partial charge < -0.3 is 9.47 Å². The molecule has 1 atom stereocenters. The average Bonchev–Trinajstić information content (AvgIpc) is 2.55. The largest absolute Gasteiger partial charge is 0.482 e. The van der Waals surface area contributed by atoms with Gasteiger partial charge in [0, 0.05) is 10.6 Å². The van der Waals surface area contributed by atoms with E-state index in [-0.39, 0.29) is 12.4 Å². The zero-order valence-electron chi connectivity index (χ0n) is 14.8. The summed E-state index contributed by atoms with van der Waals surface area (Å²) in [6.07, 6.45) is -0.871. The van der Waals surface area contributed by atoms with E-state index in [4.69, 9.17) is 21.1 Å². The molecule has 0 N–H and O–H groups in total. The fraction of sp³-hybridized carbons (Fsp3) is 0.300. The number of carbonyl (C=O) groups is 2. The molecule has 0 aromatic heterocycles. The molecule has 0 aliphatic heterocycles. The first-order chi connectivity index (χ1) is 11.8. The lowest BCUT2D eigenvalue weighted by molar-refractivity contribution is -0.148. The van der Waals surface area contributed by atoms with Crippen LogP contribution in [0.5, 0.6) is 5.75 Å². The zero-order chi connectivity index (χ0) is 18.6. The fourth-order valence-electron chi connectivity index (χ4n) is 2.33. The quantitative estimate of drug-likeness (QED) is 0.563. The summed E-state index contributed by atoms with van der Waals surface area (Å²) in [6, 6.07) is 10.5. The molecule has 0 unspecified atom stereocenters. The van der Waals surface area contributed by atoms with Crippen molar-refractivity contribution in [2.24, 2.45) is 0 Å². The highest BCUT2D eigenvalue weighted by molar-refractivity contribution is 6.30. The minimum atomic E-state index is -0.871. The molecule has 2 rings (SSSR count). The summed E-state index contributed by atoms with van der Waals surface area (Å²) in [7, 11) is 0. The minimum absolute atomic E-state index is 0.237. The molecule has 0 saturated carbocycles. The second-order valence-electron chi connectivity index (χ2n) is 5.99. The maximum Gasteiger partial charge on any atom is 0.344 e. The molecule has 132 valence electrons. The van der Waals surface area contributed by atoms with Gasteiger partial charge in [-0.2, -0.15) is 0 Å². The molecule has 0 saturated heterocycles. The standard InChI is InChI=1S/C20H21ClO4/c1-12-5-6-16(9-13(12)2)20(23)15(4)25-19(22)11-24-18-8-7-17(21)10-14(18)3/h5-10,15H,11H2,1-4H3/t15-/m1/s1. The van der Waals surface area contributed by atoms with Crippen molar-refractivity contribution in [3.63, 3.8) is 0 Å². The minimum Gasteiger partial charge on any atom is -0.482 e. The Hall–Kier alpha value is -2.33.